The minimum absolute atomic E-state index is 0.177. The average Bonchev–Trinajstić information content (AvgIpc) is 3.25. The summed E-state index contributed by atoms with van der Waals surface area (Å²) in [5.41, 5.74) is 6.89. The van der Waals surface area contributed by atoms with Crippen molar-refractivity contribution in [2.45, 2.75) is 50.4 Å². The number of benzene rings is 1. The summed E-state index contributed by atoms with van der Waals surface area (Å²) in [5, 5.41) is 8.31. The zero-order valence-corrected chi connectivity index (χ0v) is 14.2. The monoisotopic (exact) mass is 334 g/mol. The van der Waals surface area contributed by atoms with E-state index in [1.165, 1.54) is 10.9 Å². The van der Waals surface area contributed by atoms with E-state index in [0.717, 1.165) is 78.7 Å². The van der Waals surface area contributed by atoms with Gasteiger partial charge in [0, 0.05) is 16.6 Å². The van der Waals surface area contributed by atoms with Crippen LogP contribution in [-0.2, 0) is 16.6 Å². The van der Waals surface area contributed by atoms with Gasteiger partial charge in [-0.05, 0) is 60.9 Å². The molecule has 128 valence electrons. The van der Waals surface area contributed by atoms with E-state index in [-0.39, 0.29) is 11.3 Å². The van der Waals surface area contributed by atoms with Gasteiger partial charge in [-0.15, -0.1) is 0 Å². The molecular formula is C20H22N4O. The summed E-state index contributed by atoms with van der Waals surface area (Å²) in [6.07, 6.45) is 7.04. The Kier molecular flexibility index (Phi) is 2.94. The van der Waals surface area contributed by atoms with Crippen LogP contribution in [-0.4, -0.2) is 16.6 Å². The van der Waals surface area contributed by atoms with Crippen molar-refractivity contribution in [2.75, 3.05) is 5.32 Å². The van der Waals surface area contributed by atoms with Gasteiger partial charge in [-0.25, -0.2) is 0 Å². The van der Waals surface area contributed by atoms with Crippen LogP contribution >= 0.6 is 0 Å². The fourth-order valence-corrected chi connectivity index (χ4v) is 5.03. The number of hydrazone groups is 1. The van der Waals surface area contributed by atoms with Crippen LogP contribution in [0.3, 0.4) is 0 Å². The molecule has 1 fully saturated rings. The molecule has 1 aliphatic heterocycles. The van der Waals surface area contributed by atoms with Gasteiger partial charge in [0.25, 0.3) is 0 Å². The van der Waals surface area contributed by atoms with E-state index in [4.69, 9.17) is 5.84 Å². The predicted molar refractivity (Wildman–Crippen MR) is 99.9 cm³/mol. The van der Waals surface area contributed by atoms with Gasteiger partial charge in [0.15, 0.2) is 0 Å². The van der Waals surface area contributed by atoms with E-state index in [9.17, 15) is 4.79 Å². The number of nitrogens with two attached hydrogens (primary N) is 1. The lowest BCUT2D eigenvalue weighted by Gasteiger charge is -2.20. The Morgan fingerprint density at radius 2 is 1.96 bits per heavy atom. The van der Waals surface area contributed by atoms with Crippen LogP contribution in [0.2, 0.25) is 0 Å². The van der Waals surface area contributed by atoms with Gasteiger partial charge in [-0.3, -0.25) is 4.79 Å². The molecule has 25 heavy (non-hydrogen) atoms. The number of anilines is 1. The Balaban J connectivity index is 1.75. The van der Waals surface area contributed by atoms with Crippen molar-refractivity contribution >= 4 is 28.2 Å². The van der Waals surface area contributed by atoms with Crippen LogP contribution in [0, 0.1) is 0 Å². The molecule has 0 bridgehead atoms. The number of amides is 1. The Bertz CT molecular complexity index is 960. The number of aromatic nitrogens is 1. The molecule has 0 saturated heterocycles. The lowest BCUT2D eigenvalue weighted by Crippen LogP contribution is -2.30. The second-order valence-electron chi connectivity index (χ2n) is 7.60. The van der Waals surface area contributed by atoms with Crippen LogP contribution in [0.1, 0.15) is 55.3 Å². The first-order chi connectivity index (χ1) is 12.1. The van der Waals surface area contributed by atoms with E-state index < -0.39 is 0 Å². The molecule has 0 atom stereocenters. The molecule has 2 heterocycles. The minimum atomic E-state index is -0.319. The third-order valence-electron chi connectivity index (χ3n) is 6.31. The van der Waals surface area contributed by atoms with Gasteiger partial charge in [-0.1, -0.05) is 19.4 Å². The van der Waals surface area contributed by atoms with Crippen LogP contribution in [0.4, 0.5) is 5.69 Å². The second-order valence-corrected chi connectivity index (χ2v) is 7.60. The summed E-state index contributed by atoms with van der Waals surface area (Å²) in [6, 6.07) is 4.33. The lowest BCUT2D eigenvalue weighted by atomic mass is 9.80. The predicted octanol–water partition coefficient (Wildman–Crippen LogP) is 3.49. The molecule has 2 aliphatic carbocycles. The number of nitrogens with one attached hydrogen (secondary N) is 2. The zero-order valence-electron chi connectivity index (χ0n) is 14.2. The molecule has 0 radical (unpaired) electrons. The molecule has 1 aromatic heterocycles. The second kappa shape index (κ2) is 4.97. The van der Waals surface area contributed by atoms with E-state index >= 15 is 0 Å². The Labute approximate surface area is 146 Å². The molecule has 5 heteroatoms. The van der Waals surface area contributed by atoms with E-state index in [2.05, 4.69) is 34.1 Å². The number of fused-ring (bicyclic) bond motifs is 5. The highest BCUT2D eigenvalue weighted by Crippen LogP contribution is 2.50. The number of nitrogens with zero attached hydrogens (tertiary/aromatic N) is 1. The fourth-order valence-electron chi connectivity index (χ4n) is 5.03. The van der Waals surface area contributed by atoms with Crippen molar-refractivity contribution in [1.29, 1.82) is 0 Å². The molecular weight excluding hydrogens is 312 g/mol. The Morgan fingerprint density at radius 1 is 1.16 bits per heavy atom. The Morgan fingerprint density at radius 3 is 2.72 bits per heavy atom. The van der Waals surface area contributed by atoms with Crippen molar-refractivity contribution in [1.82, 2.24) is 4.98 Å². The number of hydrogen-bond donors (Lipinski definition) is 3. The normalized spacial score (nSPS) is 23.1. The molecule has 1 amide bonds. The molecule has 1 aromatic carbocycles. The summed E-state index contributed by atoms with van der Waals surface area (Å²) in [4.78, 5) is 16.2. The smallest absolute Gasteiger partial charge is 0.235 e. The maximum atomic E-state index is 12.7. The van der Waals surface area contributed by atoms with Crippen molar-refractivity contribution in [3.63, 3.8) is 0 Å². The molecule has 5 nitrogen and oxygen atoms in total. The number of carbonyl (C=O) groups is 1. The minimum Gasteiger partial charge on any atom is -0.353 e. The number of aromatic amines is 1. The highest BCUT2D eigenvalue weighted by atomic mass is 16.2. The fraction of sp³-hybridized carbons (Fsp3) is 0.400. The van der Waals surface area contributed by atoms with Crippen molar-refractivity contribution in [2.24, 2.45) is 10.9 Å². The number of aryl methyl sites for hydroxylation is 1. The third kappa shape index (κ3) is 1.84. The van der Waals surface area contributed by atoms with Crippen molar-refractivity contribution in [3.05, 3.63) is 41.1 Å². The van der Waals surface area contributed by atoms with E-state index in [0.29, 0.717) is 0 Å². The number of carbonyl (C=O) groups excluding carboxylic acids is 1. The van der Waals surface area contributed by atoms with Crippen LogP contribution < -0.4 is 11.2 Å². The lowest BCUT2D eigenvalue weighted by molar-refractivity contribution is -0.120. The van der Waals surface area contributed by atoms with Gasteiger partial charge < -0.3 is 16.1 Å². The Hall–Kier alpha value is -2.56. The van der Waals surface area contributed by atoms with Crippen LogP contribution in [0.15, 0.2) is 29.4 Å². The SMILES string of the molecule is C=C1CCCc2c([nH]c3cc4c(cc23)NC(=O)C42CCCC2)C1=NN. The molecule has 3 aliphatic rings. The molecule has 4 N–H and O–H groups in total. The largest absolute Gasteiger partial charge is 0.353 e. The zero-order chi connectivity index (χ0) is 17.2. The molecule has 0 unspecified atom stereocenters. The van der Waals surface area contributed by atoms with Crippen LogP contribution in [0.25, 0.3) is 10.9 Å². The van der Waals surface area contributed by atoms with Crippen molar-refractivity contribution < 1.29 is 4.79 Å². The summed E-state index contributed by atoms with van der Waals surface area (Å²) >= 11 is 0. The van der Waals surface area contributed by atoms with Crippen LogP contribution in [0.5, 0.6) is 0 Å². The maximum Gasteiger partial charge on any atom is 0.235 e. The molecule has 2 aromatic rings. The maximum absolute atomic E-state index is 12.7. The van der Waals surface area contributed by atoms with Gasteiger partial charge in [-0.2, -0.15) is 5.10 Å². The van der Waals surface area contributed by atoms with E-state index in [1.807, 2.05) is 0 Å². The first kappa shape index (κ1) is 14.8. The first-order valence-corrected chi connectivity index (χ1v) is 9.11. The summed E-state index contributed by atoms with van der Waals surface area (Å²) in [7, 11) is 0. The number of H-pyrrole nitrogens is 1. The average molecular weight is 334 g/mol. The number of rotatable bonds is 0. The topological polar surface area (TPSA) is 83.3 Å². The quantitative estimate of drug-likeness (QED) is 0.391. The van der Waals surface area contributed by atoms with Gasteiger partial charge >= 0.3 is 0 Å². The molecule has 1 spiro atoms. The van der Waals surface area contributed by atoms with E-state index in [1.54, 1.807) is 0 Å². The summed E-state index contributed by atoms with van der Waals surface area (Å²) < 4.78 is 0. The summed E-state index contributed by atoms with van der Waals surface area (Å²) in [5.74, 6) is 5.84. The van der Waals surface area contributed by atoms with Crippen molar-refractivity contribution in [3.8, 4) is 0 Å². The highest BCUT2D eigenvalue weighted by Gasteiger charge is 2.48. The number of allylic oxidation sites excluding steroid dienone is 1. The highest BCUT2D eigenvalue weighted by molar-refractivity contribution is 6.16. The molecule has 5 rings (SSSR count). The van der Waals surface area contributed by atoms with Gasteiger partial charge in [0.05, 0.1) is 11.1 Å². The third-order valence-corrected chi connectivity index (χ3v) is 6.31. The summed E-state index contributed by atoms with van der Waals surface area (Å²) in [6.45, 7) is 4.14. The standard InChI is InChI=1S/C20H22N4O/c1-11-5-4-6-12-13-9-16-14(10-15(13)22-18(12)17(11)24-21)20(19(25)23-16)7-2-3-8-20/h9-10,22H,1-8,21H2,(H,23,25). The number of hydrogen-bond acceptors (Lipinski definition) is 3. The van der Waals surface area contributed by atoms with Gasteiger partial charge in [0.1, 0.15) is 5.71 Å². The first-order valence-electron chi connectivity index (χ1n) is 9.11. The van der Waals surface area contributed by atoms with Gasteiger partial charge in [0.2, 0.25) is 5.91 Å². The molecule has 1 saturated carbocycles.